The summed E-state index contributed by atoms with van der Waals surface area (Å²) < 4.78 is 13.7. The molecule has 0 amide bonds. The SMILES string of the molecule is Fc1cccc2[nH]c(-c3cccc4ccccc34)nc12. The first-order valence-corrected chi connectivity index (χ1v) is 6.45. The third-order valence-electron chi connectivity index (χ3n) is 3.51. The number of halogens is 1. The lowest BCUT2D eigenvalue weighted by Crippen LogP contribution is -1.83. The van der Waals surface area contributed by atoms with Crippen LogP contribution < -0.4 is 0 Å². The van der Waals surface area contributed by atoms with Gasteiger partial charge in [0.25, 0.3) is 0 Å². The number of imidazole rings is 1. The minimum absolute atomic E-state index is 0.301. The summed E-state index contributed by atoms with van der Waals surface area (Å²) in [7, 11) is 0. The zero-order valence-electron chi connectivity index (χ0n) is 10.6. The molecule has 0 saturated carbocycles. The first-order valence-electron chi connectivity index (χ1n) is 6.45. The highest BCUT2D eigenvalue weighted by molar-refractivity contribution is 5.96. The minimum Gasteiger partial charge on any atom is -0.338 e. The van der Waals surface area contributed by atoms with E-state index in [9.17, 15) is 4.39 Å². The summed E-state index contributed by atoms with van der Waals surface area (Å²) in [4.78, 5) is 7.60. The highest BCUT2D eigenvalue weighted by atomic mass is 19.1. The van der Waals surface area contributed by atoms with Gasteiger partial charge in [-0.15, -0.1) is 0 Å². The van der Waals surface area contributed by atoms with Crippen molar-refractivity contribution in [3.8, 4) is 11.4 Å². The Morgan fingerprint density at radius 2 is 1.65 bits per heavy atom. The van der Waals surface area contributed by atoms with Gasteiger partial charge >= 0.3 is 0 Å². The Balaban J connectivity index is 2.04. The molecule has 1 N–H and O–H groups in total. The van der Waals surface area contributed by atoms with Gasteiger partial charge in [0.1, 0.15) is 11.3 Å². The highest BCUT2D eigenvalue weighted by Crippen LogP contribution is 2.28. The van der Waals surface area contributed by atoms with Crippen LogP contribution in [0.4, 0.5) is 4.39 Å². The number of hydrogen-bond donors (Lipinski definition) is 1. The molecule has 3 aromatic carbocycles. The van der Waals surface area contributed by atoms with Crippen LogP contribution in [0.15, 0.2) is 60.7 Å². The monoisotopic (exact) mass is 262 g/mol. The number of aromatic nitrogens is 2. The summed E-state index contributed by atoms with van der Waals surface area (Å²) in [5.41, 5.74) is 2.09. The molecular formula is C17H11FN2. The van der Waals surface area contributed by atoms with Gasteiger partial charge in [0.15, 0.2) is 5.82 Å². The van der Waals surface area contributed by atoms with Crippen LogP contribution >= 0.6 is 0 Å². The number of nitrogens with zero attached hydrogens (tertiary/aromatic N) is 1. The second-order valence-corrected chi connectivity index (χ2v) is 4.75. The maximum absolute atomic E-state index is 13.7. The number of rotatable bonds is 1. The first-order chi connectivity index (χ1) is 9.83. The number of benzene rings is 3. The molecule has 4 aromatic rings. The smallest absolute Gasteiger partial charge is 0.151 e. The second-order valence-electron chi connectivity index (χ2n) is 4.75. The van der Waals surface area contributed by atoms with E-state index in [2.05, 4.69) is 22.1 Å². The molecule has 0 saturated heterocycles. The van der Waals surface area contributed by atoms with Gasteiger partial charge in [0, 0.05) is 5.56 Å². The Kier molecular flexibility index (Phi) is 2.33. The number of nitrogens with one attached hydrogen (secondary N) is 1. The van der Waals surface area contributed by atoms with Crippen LogP contribution in [-0.4, -0.2) is 9.97 Å². The molecular weight excluding hydrogens is 251 g/mol. The summed E-state index contributed by atoms with van der Waals surface area (Å²) >= 11 is 0. The third-order valence-corrected chi connectivity index (χ3v) is 3.51. The molecule has 0 aliphatic heterocycles. The fraction of sp³-hybridized carbons (Fsp3) is 0. The van der Waals surface area contributed by atoms with Crippen LogP contribution in [-0.2, 0) is 0 Å². The van der Waals surface area contributed by atoms with Crippen molar-refractivity contribution >= 4 is 21.8 Å². The van der Waals surface area contributed by atoms with Gasteiger partial charge in [-0.05, 0) is 22.9 Å². The predicted octanol–water partition coefficient (Wildman–Crippen LogP) is 4.52. The molecule has 1 heterocycles. The van der Waals surface area contributed by atoms with E-state index in [1.165, 1.54) is 6.07 Å². The van der Waals surface area contributed by atoms with Crippen LogP contribution in [0.1, 0.15) is 0 Å². The summed E-state index contributed by atoms with van der Waals surface area (Å²) in [6, 6.07) is 19.1. The van der Waals surface area contributed by atoms with E-state index in [4.69, 9.17) is 0 Å². The van der Waals surface area contributed by atoms with Gasteiger partial charge in [0.2, 0.25) is 0 Å². The van der Waals surface area contributed by atoms with Crippen molar-refractivity contribution in [2.75, 3.05) is 0 Å². The average Bonchev–Trinajstić information content (AvgIpc) is 2.92. The summed E-state index contributed by atoms with van der Waals surface area (Å²) in [5.74, 6) is 0.395. The normalized spacial score (nSPS) is 11.2. The van der Waals surface area contributed by atoms with E-state index < -0.39 is 0 Å². The molecule has 4 rings (SSSR count). The molecule has 20 heavy (non-hydrogen) atoms. The fourth-order valence-corrected chi connectivity index (χ4v) is 2.56. The molecule has 0 aliphatic carbocycles. The molecule has 0 spiro atoms. The largest absolute Gasteiger partial charge is 0.338 e. The van der Waals surface area contributed by atoms with Crippen molar-refractivity contribution < 1.29 is 4.39 Å². The molecule has 2 nitrogen and oxygen atoms in total. The summed E-state index contributed by atoms with van der Waals surface area (Å²) in [6.07, 6.45) is 0. The van der Waals surface area contributed by atoms with E-state index in [1.807, 2.05) is 36.4 Å². The third kappa shape index (κ3) is 1.60. The molecule has 1 aromatic heterocycles. The minimum atomic E-state index is -0.301. The zero-order chi connectivity index (χ0) is 13.5. The zero-order valence-corrected chi connectivity index (χ0v) is 10.6. The number of fused-ring (bicyclic) bond motifs is 2. The van der Waals surface area contributed by atoms with Crippen LogP contribution in [0.25, 0.3) is 33.2 Å². The molecule has 0 radical (unpaired) electrons. The lowest BCUT2D eigenvalue weighted by molar-refractivity contribution is 0.637. The van der Waals surface area contributed by atoms with Crippen molar-refractivity contribution in [3.05, 3.63) is 66.5 Å². The van der Waals surface area contributed by atoms with Crippen molar-refractivity contribution in [2.24, 2.45) is 0 Å². The van der Waals surface area contributed by atoms with Gasteiger partial charge in [-0.2, -0.15) is 0 Å². The van der Waals surface area contributed by atoms with Crippen molar-refractivity contribution in [1.82, 2.24) is 9.97 Å². The summed E-state index contributed by atoms with van der Waals surface area (Å²) in [6.45, 7) is 0. The van der Waals surface area contributed by atoms with Crippen LogP contribution in [0.3, 0.4) is 0 Å². The van der Waals surface area contributed by atoms with Gasteiger partial charge in [-0.25, -0.2) is 9.37 Å². The predicted molar refractivity (Wildman–Crippen MR) is 79.0 cm³/mol. The quantitative estimate of drug-likeness (QED) is 0.536. The van der Waals surface area contributed by atoms with E-state index in [0.717, 1.165) is 16.3 Å². The van der Waals surface area contributed by atoms with Gasteiger partial charge in [-0.3, -0.25) is 0 Å². The lowest BCUT2D eigenvalue weighted by atomic mass is 10.0. The molecule has 0 aliphatic rings. The van der Waals surface area contributed by atoms with Crippen LogP contribution in [0.5, 0.6) is 0 Å². The molecule has 0 fully saturated rings. The number of H-pyrrole nitrogens is 1. The second kappa shape index (κ2) is 4.17. The number of hydrogen-bond acceptors (Lipinski definition) is 1. The van der Waals surface area contributed by atoms with E-state index in [-0.39, 0.29) is 5.82 Å². The summed E-state index contributed by atoms with van der Waals surface area (Å²) in [5, 5.41) is 2.25. The Morgan fingerprint density at radius 3 is 2.55 bits per heavy atom. The van der Waals surface area contributed by atoms with Gasteiger partial charge in [-0.1, -0.05) is 48.5 Å². The molecule has 0 bridgehead atoms. The standard InChI is InChI=1S/C17H11FN2/c18-14-9-4-10-15-16(14)20-17(19-15)13-8-3-6-11-5-1-2-7-12(11)13/h1-10H,(H,19,20). The average molecular weight is 262 g/mol. The fourth-order valence-electron chi connectivity index (χ4n) is 2.56. The van der Waals surface area contributed by atoms with Gasteiger partial charge in [0.05, 0.1) is 5.52 Å². The van der Waals surface area contributed by atoms with Crippen molar-refractivity contribution in [1.29, 1.82) is 0 Å². The Labute approximate surface area is 114 Å². The molecule has 3 heteroatoms. The maximum Gasteiger partial charge on any atom is 0.151 e. The Bertz CT molecular complexity index is 919. The van der Waals surface area contributed by atoms with Crippen molar-refractivity contribution in [2.45, 2.75) is 0 Å². The lowest BCUT2D eigenvalue weighted by Gasteiger charge is -2.03. The molecule has 0 atom stereocenters. The van der Waals surface area contributed by atoms with Gasteiger partial charge < -0.3 is 4.98 Å². The first kappa shape index (κ1) is 11.2. The topological polar surface area (TPSA) is 28.7 Å². The highest BCUT2D eigenvalue weighted by Gasteiger charge is 2.10. The Hall–Kier alpha value is -2.68. The maximum atomic E-state index is 13.7. The Morgan fingerprint density at radius 1 is 0.850 bits per heavy atom. The molecule has 96 valence electrons. The number of para-hydroxylation sites is 1. The number of aromatic amines is 1. The van der Waals surface area contributed by atoms with Crippen LogP contribution in [0, 0.1) is 5.82 Å². The van der Waals surface area contributed by atoms with E-state index in [1.54, 1.807) is 6.07 Å². The van der Waals surface area contributed by atoms with Crippen LogP contribution in [0.2, 0.25) is 0 Å². The van der Waals surface area contributed by atoms with E-state index >= 15 is 0 Å². The van der Waals surface area contributed by atoms with Crippen molar-refractivity contribution in [3.63, 3.8) is 0 Å². The van der Waals surface area contributed by atoms with E-state index in [0.29, 0.717) is 16.9 Å². The molecule has 0 unspecified atom stereocenters.